The molecule has 0 bridgehead atoms. The molecular weight excluding hydrogens is 384 g/mol. The van der Waals surface area contributed by atoms with Crippen LogP contribution in [0.1, 0.15) is 57.9 Å². The Morgan fingerprint density at radius 1 is 1.04 bits per heavy atom. The topological polar surface area (TPSA) is 18.5 Å². The van der Waals surface area contributed by atoms with Gasteiger partial charge in [0.2, 0.25) is 0 Å². The highest BCUT2D eigenvalue weighted by Crippen LogP contribution is 2.43. The molecular formula is C18H33BrO2Si2. The maximum atomic E-state index is 6.12. The van der Waals surface area contributed by atoms with Crippen LogP contribution in [0, 0.1) is 5.41 Å². The van der Waals surface area contributed by atoms with E-state index < -0.39 is 19.5 Å². The molecule has 0 fully saturated rings. The van der Waals surface area contributed by atoms with Crippen molar-refractivity contribution in [1.29, 1.82) is 0 Å². The number of halogens is 1. The highest BCUT2D eigenvalue weighted by molar-refractivity contribution is 9.10. The van der Waals surface area contributed by atoms with Crippen molar-refractivity contribution in [2.24, 2.45) is 5.41 Å². The van der Waals surface area contributed by atoms with E-state index in [9.17, 15) is 0 Å². The van der Waals surface area contributed by atoms with Crippen molar-refractivity contribution in [2.45, 2.75) is 71.8 Å². The molecule has 0 saturated carbocycles. The Bertz CT molecular complexity index is 431. The molecule has 1 aromatic carbocycles. The van der Waals surface area contributed by atoms with E-state index in [0.29, 0.717) is 5.92 Å². The zero-order valence-corrected chi connectivity index (χ0v) is 19.8. The van der Waals surface area contributed by atoms with Crippen LogP contribution < -0.4 is 0 Å². The summed E-state index contributed by atoms with van der Waals surface area (Å²) in [7, 11) is -0.971. The van der Waals surface area contributed by atoms with Gasteiger partial charge in [0.05, 0.1) is 0 Å². The SMILES string of the molecule is CCCCC[C@@H](c1ccc(Br)cc1)C(C)(C)C(O[SiH2]C)O[SiH2]C. The first-order chi connectivity index (χ1) is 11.0. The molecule has 0 heterocycles. The summed E-state index contributed by atoms with van der Waals surface area (Å²) in [4.78, 5) is 0. The third-order valence-corrected chi connectivity index (χ3v) is 6.31. The van der Waals surface area contributed by atoms with Gasteiger partial charge in [0.1, 0.15) is 6.29 Å². The van der Waals surface area contributed by atoms with Crippen molar-refractivity contribution >= 4 is 35.5 Å². The zero-order chi connectivity index (χ0) is 17.3. The summed E-state index contributed by atoms with van der Waals surface area (Å²) in [5.74, 6) is 0.466. The summed E-state index contributed by atoms with van der Waals surface area (Å²) < 4.78 is 13.4. The van der Waals surface area contributed by atoms with Crippen molar-refractivity contribution < 1.29 is 8.85 Å². The first-order valence-corrected chi connectivity index (χ1v) is 13.7. The van der Waals surface area contributed by atoms with Crippen molar-refractivity contribution in [3.63, 3.8) is 0 Å². The van der Waals surface area contributed by atoms with Gasteiger partial charge in [-0.15, -0.1) is 0 Å². The van der Waals surface area contributed by atoms with Crippen LogP contribution >= 0.6 is 15.9 Å². The standard InChI is InChI=1S/C18H33BrO2Si2/c1-6-7-8-9-16(14-10-12-15(19)13-11-14)18(2,3)17(20-22-4)21-23-5/h10-13,16-17H,6-9,22-23H2,1-5H3/t16-/m0/s1. The Hall–Kier alpha value is 0.0538. The molecule has 1 rings (SSSR count). The predicted octanol–water partition coefficient (Wildman–Crippen LogP) is 4.76. The average Bonchev–Trinajstić information content (AvgIpc) is 2.52. The second-order valence-electron chi connectivity index (χ2n) is 6.66. The first-order valence-electron chi connectivity index (χ1n) is 8.95. The molecule has 0 aliphatic heterocycles. The van der Waals surface area contributed by atoms with E-state index in [2.05, 4.69) is 74.1 Å². The van der Waals surface area contributed by atoms with E-state index in [0.717, 1.165) is 4.47 Å². The summed E-state index contributed by atoms with van der Waals surface area (Å²) in [5.41, 5.74) is 1.40. The van der Waals surface area contributed by atoms with Crippen LogP contribution in [-0.2, 0) is 8.85 Å². The number of hydrogen-bond acceptors (Lipinski definition) is 2. The van der Waals surface area contributed by atoms with E-state index in [1.807, 2.05) is 0 Å². The number of hydrogen-bond donors (Lipinski definition) is 0. The van der Waals surface area contributed by atoms with Crippen LogP contribution in [0.3, 0.4) is 0 Å². The molecule has 0 aromatic heterocycles. The van der Waals surface area contributed by atoms with Gasteiger partial charge in [0.25, 0.3) is 0 Å². The highest BCUT2D eigenvalue weighted by Gasteiger charge is 2.38. The first kappa shape index (κ1) is 21.1. The minimum atomic E-state index is -0.486. The fourth-order valence-electron chi connectivity index (χ4n) is 3.21. The van der Waals surface area contributed by atoms with Crippen molar-refractivity contribution in [2.75, 3.05) is 0 Å². The van der Waals surface area contributed by atoms with Gasteiger partial charge in [0.15, 0.2) is 19.5 Å². The van der Waals surface area contributed by atoms with Gasteiger partial charge >= 0.3 is 0 Å². The third kappa shape index (κ3) is 6.46. The zero-order valence-electron chi connectivity index (χ0n) is 15.4. The van der Waals surface area contributed by atoms with Gasteiger partial charge in [-0.2, -0.15) is 0 Å². The minimum Gasteiger partial charge on any atom is -0.400 e. The molecule has 0 aliphatic carbocycles. The van der Waals surface area contributed by atoms with Gasteiger partial charge in [-0.3, -0.25) is 0 Å². The molecule has 132 valence electrons. The third-order valence-electron chi connectivity index (χ3n) is 4.51. The molecule has 0 aliphatic rings. The average molecular weight is 418 g/mol. The highest BCUT2D eigenvalue weighted by atomic mass is 79.9. The van der Waals surface area contributed by atoms with E-state index in [-0.39, 0.29) is 11.7 Å². The van der Waals surface area contributed by atoms with Gasteiger partial charge < -0.3 is 8.85 Å². The lowest BCUT2D eigenvalue weighted by molar-refractivity contribution is -0.0918. The largest absolute Gasteiger partial charge is 0.400 e. The lowest BCUT2D eigenvalue weighted by Crippen LogP contribution is -2.40. The maximum Gasteiger partial charge on any atom is 0.161 e. The molecule has 0 amide bonds. The molecule has 1 atom stereocenters. The monoisotopic (exact) mass is 416 g/mol. The fourth-order valence-corrected chi connectivity index (χ4v) is 5.32. The second kappa shape index (κ2) is 10.8. The Morgan fingerprint density at radius 2 is 1.61 bits per heavy atom. The van der Waals surface area contributed by atoms with Crippen LogP contribution in [-0.4, -0.2) is 25.8 Å². The van der Waals surface area contributed by atoms with Gasteiger partial charge in [-0.25, -0.2) is 0 Å². The molecule has 0 radical (unpaired) electrons. The molecule has 0 saturated heterocycles. The van der Waals surface area contributed by atoms with Gasteiger partial charge in [0, 0.05) is 9.89 Å². The quantitative estimate of drug-likeness (QED) is 0.294. The van der Waals surface area contributed by atoms with Crippen molar-refractivity contribution in [3.8, 4) is 0 Å². The van der Waals surface area contributed by atoms with E-state index in [1.165, 1.54) is 31.2 Å². The second-order valence-corrected chi connectivity index (χ2v) is 9.40. The van der Waals surface area contributed by atoms with Crippen LogP contribution in [0.5, 0.6) is 0 Å². The Labute approximate surface area is 155 Å². The number of unbranched alkanes of at least 4 members (excludes halogenated alkanes) is 2. The smallest absolute Gasteiger partial charge is 0.161 e. The molecule has 1 aromatic rings. The molecule has 0 N–H and O–H groups in total. The van der Waals surface area contributed by atoms with Crippen LogP contribution in [0.25, 0.3) is 0 Å². The minimum absolute atomic E-state index is 0.00636. The molecule has 23 heavy (non-hydrogen) atoms. The number of rotatable bonds is 11. The molecule has 5 heteroatoms. The van der Waals surface area contributed by atoms with Crippen molar-refractivity contribution in [1.82, 2.24) is 0 Å². The molecule has 2 nitrogen and oxygen atoms in total. The summed E-state index contributed by atoms with van der Waals surface area (Å²) in [6.45, 7) is 11.3. The summed E-state index contributed by atoms with van der Waals surface area (Å²) >= 11 is 3.55. The van der Waals surface area contributed by atoms with Gasteiger partial charge in [-0.05, 0) is 30.0 Å². The van der Waals surface area contributed by atoms with Crippen molar-refractivity contribution in [3.05, 3.63) is 34.3 Å². The van der Waals surface area contributed by atoms with E-state index in [4.69, 9.17) is 8.85 Å². The Morgan fingerprint density at radius 3 is 2.09 bits per heavy atom. The summed E-state index contributed by atoms with van der Waals surface area (Å²) in [5, 5.41) is 0. The Balaban J connectivity index is 3.05. The van der Waals surface area contributed by atoms with Crippen LogP contribution in [0.15, 0.2) is 28.7 Å². The fraction of sp³-hybridized carbons (Fsp3) is 0.667. The molecule has 0 unspecified atom stereocenters. The van der Waals surface area contributed by atoms with Crippen LogP contribution in [0.2, 0.25) is 13.1 Å². The number of benzene rings is 1. The molecule has 0 spiro atoms. The summed E-state index contributed by atoms with van der Waals surface area (Å²) in [6, 6.07) is 8.81. The predicted molar refractivity (Wildman–Crippen MR) is 110 cm³/mol. The van der Waals surface area contributed by atoms with E-state index >= 15 is 0 Å². The summed E-state index contributed by atoms with van der Waals surface area (Å²) in [6.07, 6.45) is 4.96. The lowest BCUT2D eigenvalue weighted by atomic mass is 9.72. The van der Waals surface area contributed by atoms with E-state index in [1.54, 1.807) is 0 Å². The lowest BCUT2D eigenvalue weighted by Gasteiger charge is -2.41. The van der Waals surface area contributed by atoms with Gasteiger partial charge in [-0.1, -0.05) is 81.2 Å². The maximum absolute atomic E-state index is 6.12. The Kier molecular flexibility index (Phi) is 9.93. The normalized spacial score (nSPS) is 15.7. The van der Waals surface area contributed by atoms with Crippen LogP contribution in [0.4, 0.5) is 0 Å².